The van der Waals surface area contributed by atoms with Crippen LogP contribution in [0.4, 0.5) is 65.9 Å². The minimum atomic E-state index is -2.43. The van der Waals surface area contributed by atoms with Crippen molar-refractivity contribution in [2.75, 3.05) is 7.05 Å². The molecule has 3 fully saturated rings. The van der Waals surface area contributed by atoms with E-state index >= 15 is 0 Å². The van der Waals surface area contributed by atoms with Crippen LogP contribution in [0.1, 0.15) is 151 Å². The lowest BCUT2D eigenvalue weighted by molar-refractivity contribution is -0.178. The molecule has 0 bridgehead atoms. The van der Waals surface area contributed by atoms with Gasteiger partial charge in [-0.1, -0.05) is 55.4 Å². The maximum Gasteiger partial charge on any atom is 0.347 e. The first kappa shape index (κ1) is 107. The number of benzene rings is 3. The molecular formula is C85H94F15N11O22. The van der Waals surface area contributed by atoms with Crippen LogP contribution in [0, 0.1) is 123 Å². The lowest BCUT2D eigenvalue weighted by Gasteiger charge is -2.36. The molecule has 13 N–H and O–H groups in total. The maximum atomic E-state index is 14.7. The molecule has 0 saturated carbocycles. The molecule has 3 aromatic carbocycles. The number of aliphatic hydroxyl groups excluding tert-OH is 3. The third kappa shape index (κ3) is 25.6. The number of carbonyl (C=O) groups excluding carboxylic acids is 12. The first-order valence-corrected chi connectivity index (χ1v) is 40.8. The third-order valence-electron chi connectivity index (χ3n) is 21.4. The number of hydrogen-bond acceptors (Lipinski definition) is 25. The van der Waals surface area contributed by atoms with Crippen LogP contribution in [-0.4, -0.2) is 220 Å². The summed E-state index contributed by atoms with van der Waals surface area (Å²) in [5, 5.41) is 79.1. The molecule has 726 valence electrons. The van der Waals surface area contributed by atoms with Crippen LogP contribution in [0.2, 0.25) is 0 Å². The number of aliphatic hydroxyl groups is 3. The number of rotatable bonds is 18. The highest BCUT2D eigenvalue weighted by atomic mass is 19.2. The summed E-state index contributed by atoms with van der Waals surface area (Å²) in [4.78, 5) is 170. The second-order valence-electron chi connectivity index (χ2n) is 32.7. The summed E-state index contributed by atoms with van der Waals surface area (Å²) in [7, 11) is 1.25. The van der Waals surface area contributed by atoms with Gasteiger partial charge in [0.25, 0.3) is 17.7 Å². The van der Waals surface area contributed by atoms with Crippen LogP contribution in [0.3, 0.4) is 0 Å². The largest absolute Gasteiger partial charge is 0.505 e. The van der Waals surface area contributed by atoms with Gasteiger partial charge in [0.05, 0.1) is 54.2 Å². The van der Waals surface area contributed by atoms with E-state index in [1.54, 1.807) is 41.5 Å². The lowest BCUT2D eigenvalue weighted by atomic mass is 9.90. The predicted molar refractivity (Wildman–Crippen MR) is 426 cm³/mol. The summed E-state index contributed by atoms with van der Waals surface area (Å²) in [5.41, 5.74) is -5.77. The van der Waals surface area contributed by atoms with Gasteiger partial charge in [-0.05, 0) is 101 Å². The highest BCUT2D eigenvalue weighted by Gasteiger charge is 2.47. The average Bonchev–Trinajstić information content (AvgIpc) is 0.792. The molecule has 6 heterocycles. The van der Waals surface area contributed by atoms with Crippen molar-refractivity contribution >= 4 is 71.1 Å². The van der Waals surface area contributed by atoms with Gasteiger partial charge in [0.2, 0.25) is 47.0 Å². The number of halogens is 15. The lowest BCUT2D eigenvalue weighted by Crippen LogP contribution is -2.61. The fraction of sp³-hybridized carbons (Fsp3) is 0.471. The Bertz CT molecular complexity index is 5080. The molecule has 3 aromatic heterocycles. The van der Waals surface area contributed by atoms with Crippen molar-refractivity contribution < 1.29 is 173 Å². The molecule has 18 atom stereocenters. The van der Waals surface area contributed by atoms with Gasteiger partial charge < -0.3 is 91.7 Å². The molecule has 0 radical (unpaired) electrons. The number of aromatic nitrogens is 3. The summed E-state index contributed by atoms with van der Waals surface area (Å²) in [6.45, 7) is 17.3. The summed E-state index contributed by atoms with van der Waals surface area (Å²) in [6.07, 6.45) is -12.3. The van der Waals surface area contributed by atoms with Gasteiger partial charge >= 0.3 is 23.9 Å². The van der Waals surface area contributed by atoms with Crippen molar-refractivity contribution in [2.45, 2.75) is 213 Å². The molecule has 0 spiro atoms. The number of cyclic esters (lactones) is 4. The molecular weight excluding hydrogens is 1810 g/mol. The van der Waals surface area contributed by atoms with E-state index in [-0.39, 0.29) is 37.0 Å². The van der Waals surface area contributed by atoms with E-state index in [0.29, 0.717) is 0 Å². The van der Waals surface area contributed by atoms with Gasteiger partial charge in [0, 0.05) is 61.6 Å². The van der Waals surface area contributed by atoms with Crippen LogP contribution < -0.4 is 37.2 Å². The number of likely N-dealkylation sites (N-methyl/N-ethyl adjacent to an activating group) is 1. The molecule has 3 saturated heterocycles. The first-order valence-electron chi connectivity index (χ1n) is 40.8. The number of ether oxygens (including phenoxy) is 4. The van der Waals surface area contributed by atoms with Gasteiger partial charge in [-0.15, -0.1) is 0 Å². The minimum absolute atomic E-state index is 0.0408. The fourth-order valence-corrected chi connectivity index (χ4v) is 13.9. The Balaban J connectivity index is 0.000000272. The van der Waals surface area contributed by atoms with Crippen molar-refractivity contribution in [1.29, 1.82) is 0 Å². The number of nitrogens with one attached hydrogen (secondary N) is 7. The molecule has 3 unspecified atom stereocenters. The number of carbonyl (C=O) groups is 12. The third-order valence-corrected chi connectivity index (χ3v) is 21.4. The smallest absolute Gasteiger partial charge is 0.347 e. The second-order valence-corrected chi connectivity index (χ2v) is 32.7. The van der Waals surface area contributed by atoms with Crippen LogP contribution >= 0.6 is 0 Å². The molecule has 3 aliphatic rings. The van der Waals surface area contributed by atoms with Gasteiger partial charge in [-0.3, -0.25) is 43.2 Å². The number of pyridine rings is 3. The Labute approximate surface area is 747 Å². The van der Waals surface area contributed by atoms with Crippen molar-refractivity contribution in [3.8, 4) is 17.2 Å². The average molecular weight is 1910 g/mol. The van der Waals surface area contributed by atoms with Crippen LogP contribution in [0.15, 0.2) is 55.0 Å². The van der Waals surface area contributed by atoms with E-state index < -0.39 is 337 Å². The summed E-state index contributed by atoms with van der Waals surface area (Å²) >= 11 is 0. The molecule has 0 aliphatic carbocycles. The van der Waals surface area contributed by atoms with Gasteiger partial charge in [-0.25, -0.2) is 95.2 Å². The monoisotopic (exact) mass is 1910 g/mol. The molecule has 133 heavy (non-hydrogen) atoms. The van der Waals surface area contributed by atoms with E-state index in [9.17, 15) is 154 Å². The second kappa shape index (κ2) is 45.9. The normalized spacial score (nSPS) is 24.9. The van der Waals surface area contributed by atoms with Crippen molar-refractivity contribution in [2.24, 2.45) is 35.5 Å². The van der Waals surface area contributed by atoms with E-state index in [0.717, 1.165) is 49.3 Å². The van der Waals surface area contributed by atoms with Gasteiger partial charge in [0.1, 0.15) is 65.8 Å². The molecule has 33 nitrogen and oxygen atoms in total. The highest BCUT2D eigenvalue weighted by molar-refractivity contribution is 6.01. The van der Waals surface area contributed by atoms with Crippen LogP contribution in [0.25, 0.3) is 0 Å². The Hall–Kier alpha value is -13.0. The van der Waals surface area contributed by atoms with E-state index in [4.69, 9.17) is 18.9 Å². The topological polar surface area (TPSA) is 489 Å². The minimum Gasteiger partial charge on any atom is -0.505 e. The zero-order valence-corrected chi connectivity index (χ0v) is 72.7. The van der Waals surface area contributed by atoms with Crippen LogP contribution in [-0.2, 0) is 81.4 Å². The van der Waals surface area contributed by atoms with Crippen LogP contribution in [0.5, 0.6) is 17.2 Å². The zero-order chi connectivity index (χ0) is 100.0. The van der Waals surface area contributed by atoms with Gasteiger partial charge in [-0.2, -0.15) is 0 Å². The van der Waals surface area contributed by atoms with E-state index in [2.05, 4.69) is 52.2 Å². The summed E-state index contributed by atoms with van der Waals surface area (Å²) in [6, 6.07) is -6.39. The zero-order valence-electron chi connectivity index (χ0n) is 72.7. The molecule has 48 heteroatoms. The fourth-order valence-electron chi connectivity index (χ4n) is 13.9. The Morgan fingerprint density at radius 1 is 0.376 bits per heavy atom. The molecule has 8 amide bonds. The number of nitrogens with zero attached hydrogens (tertiary/aromatic N) is 4. The number of hydrogen-bond donors (Lipinski definition) is 13. The Morgan fingerprint density at radius 3 is 0.970 bits per heavy atom. The standard InChI is InChI=1S/C29H33F5N4O7.C28H31F5N4O7.C28H30F5N3O8/c1-11(2)9-16-29(44)45-13(4)23(37-27(42)24-17(39)7-6-8-35-24)26(41)36-15(25(40)12(3)28(43)38(16)5)10-14-18(30)20(32)22(34)21(33)19(14)31;1-10(2)8-15-28(43)44-12(4)22(37-27(42)23-16(38)6-5-7-34-23)26(41)35-14(24(39)11(3)25(40)36-15)9-13-17(29)19(31)21(33)20(32)18(13)30;1-10(2)8-16-28(42)43-12(4)22(36-26(40)23-15(37)6-5-7-34-23)25(39)35-14(24(38)11(3)27(41)44-16)9-13-17(29)19(31)21(33)20(32)18(13)30/h6-8,11-13,15-16,23,25,39-40H,9-10H2,1-5H3,(H,36,41)(H,37,42);5-7,10-12,14-15,22,24,38-39H,8-9H2,1-4H3,(H,35,41)(H,36,40)(H,37,42);5-7,10-12,14,16,22,24,37-38H,8-9H2,1-4H3,(H,35,39)(H,36,40)/t12-,13-,15+,16?,23+,25+;11-,12-,14+,15?,22+,24+;11-,12-,14+,16?,22+,24+/m111/s1. The number of aromatic hydroxyl groups is 3. The predicted octanol–water partition coefficient (Wildman–Crippen LogP) is 6.11. The molecule has 9 rings (SSSR count). The summed E-state index contributed by atoms with van der Waals surface area (Å²) < 4.78 is 234. The SMILES string of the molecule is CC(C)CC1C(=O)O[C@H](C)[C@H](NC(=O)c2ncccc2O)C(=O)N[C@@H](Cc2c(F)c(F)c(F)c(F)c2F)[C@@H](O)[C@@H](C)C(=O)N1C.CC(C)CC1NC(=O)[C@H](C)[C@H](O)[C@H](Cc2c(F)c(F)c(F)c(F)c2F)NC(=O)[C@@H](NC(=O)c2ncccc2O)[C@@H](C)OC1=O.CC(C)CC1OC(=O)[C@H](C)[C@H](O)[C@H](Cc2c(F)c(F)c(F)c(F)c2F)NC(=O)[C@@H](NC(=O)c2ncccc2O)[C@@H](C)OC1=O. The van der Waals surface area contributed by atoms with E-state index in [1.165, 1.54) is 59.1 Å². The maximum absolute atomic E-state index is 14.7. The Kier molecular flexibility index (Phi) is 36.9. The first-order chi connectivity index (χ1) is 62.1. The highest BCUT2D eigenvalue weighted by Crippen LogP contribution is 2.33. The van der Waals surface area contributed by atoms with Gasteiger partial charge in [0.15, 0.2) is 93.0 Å². The summed E-state index contributed by atoms with van der Waals surface area (Å²) in [5.74, 6) is -54.4. The van der Waals surface area contributed by atoms with E-state index in [1.807, 2.05) is 0 Å². The number of esters is 4. The quantitative estimate of drug-likeness (QED) is 0.0152. The van der Waals surface area contributed by atoms with Crippen molar-refractivity contribution in [1.82, 2.24) is 57.1 Å². The molecule has 3 aliphatic heterocycles. The van der Waals surface area contributed by atoms with Crippen molar-refractivity contribution in [3.63, 3.8) is 0 Å². The van der Waals surface area contributed by atoms with Crippen molar-refractivity contribution in [3.05, 3.63) is 176 Å². The number of amides is 8. The Morgan fingerprint density at radius 2 is 0.662 bits per heavy atom. The molecule has 6 aromatic rings.